The molecule has 1 nitrogen and oxygen atoms in total. The van der Waals surface area contributed by atoms with Gasteiger partial charge >= 0.3 is 0 Å². The molecular formula is C9H13N. The molecule has 0 aromatic carbocycles. The van der Waals surface area contributed by atoms with E-state index in [1.807, 2.05) is 0 Å². The molecule has 0 aromatic rings. The minimum absolute atomic E-state index is 0.661. The maximum Gasteiger partial charge on any atom is 0.0911 e. The van der Waals surface area contributed by atoms with E-state index >= 15 is 0 Å². The van der Waals surface area contributed by atoms with Crippen molar-refractivity contribution in [2.45, 2.75) is 32.6 Å². The van der Waals surface area contributed by atoms with Crippen LogP contribution in [0.2, 0.25) is 0 Å². The minimum Gasteiger partial charge on any atom is -0.193 e. The van der Waals surface area contributed by atoms with Crippen LogP contribution in [0.15, 0.2) is 11.6 Å². The van der Waals surface area contributed by atoms with Crippen molar-refractivity contribution >= 4 is 0 Å². The Balaban J connectivity index is 2.58. The molecule has 0 aromatic heterocycles. The predicted molar refractivity (Wildman–Crippen MR) is 41.3 cm³/mol. The number of nitrogens with zero attached hydrogens (tertiary/aromatic N) is 1. The standard InChI is InChI=1S/C9H13N/c1-8-4-2-3-5-9(8)6-7-10/h6,8H,2-5H2,1H3/b9-6-/t8-/m0/s1. The summed E-state index contributed by atoms with van der Waals surface area (Å²) in [6.45, 7) is 2.21. The van der Waals surface area contributed by atoms with Gasteiger partial charge in [0, 0.05) is 6.08 Å². The van der Waals surface area contributed by atoms with Crippen LogP contribution in [0.5, 0.6) is 0 Å². The van der Waals surface area contributed by atoms with Crippen LogP contribution < -0.4 is 0 Å². The highest BCUT2D eigenvalue weighted by atomic mass is 14.2. The molecule has 0 aliphatic heterocycles. The number of hydrogen-bond acceptors (Lipinski definition) is 1. The highest BCUT2D eigenvalue weighted by molar-refractivity contribution is 5.16. The van der Waals surface area contributed by atoms with E-state index in [0.717, 1.165) is 6.42 Å². The maximum absolute atomic E-state index is 8.41. The Morgan fingerprint density at radius 2 is 2.40 bits per heavy atom. The van der Waals surface area contributed by atoms with Gasteiger partial charge in [-0.05, 0) is 25.2 Å². The Labute approximate surface area is 62.4 Å². The van der Waals surface area contributed by atoms with Gasteiger partial charge in [0.15, 0.2) is 0 Å². The molecule has 0 amide bonds. The van der Waals surface area contributed by atoms with Crippen molar-refractivity contribution in [1.29, 1.82) is 5.26 Å². The fourth-order valence-electron chi connectivity index (χ4n) is 1.51. The third-order valence-electron chi connectivity index (χ3n) is 2.24. The second-order valence-electron chi connectivity index (χ2n) is 3.00. The fourth-order valence-corrected chi connectivity index (χ4v) is 1.51. The Kier molecular flexibility index (Phi) is 2.50. The van der Waals surface area contributed by atoms with Gasteiger partial charge in [-0.3, -0.25) is 0 Å². The fraction of sp³-hybridized carbons (Fsp3) is 0.667. The molecule has 54 valence electrons. The van der Waals surface area contributed by atoms with E-state index in [1.165, 1.54) is 24.8 Å². The lowest BCUT2D eigenvalue weighted by Gasteiger charge is -2.20. The van der Waals surface area contributed by atoms with E-state index in [1.54, 1.807) is 6.08 Å². The molecule has 1 heteroatoms. The first-order valence-electron chi connectivity index (χ1n) is 3.93. The quantitative estimate of drug-likeness (QED) is 0.468. The van der Waals surface area contributed by atoms with Gasteiger partial charge in [-0.1, -0.05) is 18.9 Å². The summed E-state index contributed by atoms with van der Waals surface area (Å²) in [5.74, 6) is 0.661. The molecule has 0 radical (unpaired) electrons. The highest BCUT2D eigenvalue weighted by Gasteiger charge is 2.12. The van der Waals surface area contributed by atoms with Gasteiger partial charge in [0.1, 0.15) is 0 Å². The van der Waals surface area contributed by atoms with E-state index in [0.29, 0.717) is 5.92 Å². The van der Waals surface area contributed by atoms with E-state index in [9.17, 15) is 0 Å². The summed E-state index contributed by atoms with van der Waals surface area (Å²) in [5, 5.41) is 8.41. The summed E-state index contributed by atoms with van der Waals surface area (Å²) in [6.07, 6.45) is 6.76. The SMILES string of the molecule is C[C@H]1CCCC/C1=C/C#N. The van der Waals surface area contributed by atoms with Crippen LogP contribution in [0, 0.1) is 17.2 Å². The molecule has 1 aliphatic carbocycles. The Morgan fingerprint density at radius 3 is 3.00 bits per heavy atom. The first-order chi connectivity index (χ1) is 4.84. The molecule has 10 heavy (non-hydrogen) atoms. The van der Waals surface area contributed by atoms with Crippen LogP contribution in [0.3, 0.4) is 0 Å². The monoisotopic (exact) mass is 135 g/mol. The third-order valence-corrected chi connectivity index (χ3v) is 2.24. The van der Waals surface area contributed by atoms with Crippen molar-refractivity contribution in [1.82, 2.24) is 0 Å². The topological polar surface area (TPSA) is 23.8 Å². The first kappa shape index (κ1) is 7.34. The Morgan fingerprint density at radius 1 is 1.60 bits per heavy atom. The normalized spacial score (nSPS) is 30.0. The van der Waals surface area contributed by atoms with E-state index < -0.39 is 0 Å². The summed E-state index contributed by atoms with van der Waals surface area (Å²) in [7, 11) is 0. The van der Waals surface area contributed by atoms with Crippen LogP contribution in [0.25, 0.3) is 0 Å². The van der Waals surface area contributed by atoms with Crippen LogP contribution in [0.4, 0.5) is 0 Å². The molecule has 0 spiro atoms. The predicted octanol–water partition coefficient (Wildman–Crippen LogP) is 2.65. The van der Waals surface area contributed by atoms with Crippen LogP contribution in [0.1, 0.15) is 32.6 Å². The molecule has 1 fully saturated rings. The van der Waals surface area contributed by atoms with Crippen molar-refractivity contribution in [2.75, 3.05) is 0 Å². The van der Waals surface area contributed by atoms with Gasteiger partial charge < -0.3 is 0 Å². The summed E-state index contributed by atoms with van der Waals surface area (Å²) in [4.78, 5) is 0. The van der Waals surface area contributed by atoms with Crippen molar-refractivity contribution in [3.05, 3.63) is 11.6 Å². The average Bonchev–Trinajstić information content (AvgIpc) is 1.94. The Bertz CT molecular complexity index is 174. The van der Waals surface area contributed by atoms with Gasteiger partial charge in [-0.15, -0.1) is 0 Å². The zero-order valence-electron chi connectivity index (χ0n) is 6.43. The van der Waals surface area contributed by atoms with Gasteiger partial charge in [0.05, 0.1) is 6.07 Å². The molecule has 0 heterocycles. The highest BCUT2D eigenvalue weighted by Crippen LogP contribution is 2.28. The number of allylic oxidation sites excluding steroid dienone is 2. The molecule has 1 aliphatic rings. The van der Waals surface area contributed by atoms with E-state index in [2.05, 4.69) is 13.0 Å². The number of nitriles is 1. The molecule has 0 bridgehead atoms. The second kappa shape index (κ2) is 3.41. The molecule has 1 rings (SSSR count). The maximum atomic E-state index is 8.41. The zero-order chi connectivity index (χ0) is 7.40. The molecule has 1 atom stereocenters. The van der Waals surface area contributed by atoms with Crippen molar-refractivity contribution in [3.8, 4) is 6.07 Å². The lowest BCUT2D eigenvalue weighted by molar-refractivity contribution is 0.484. The number of rotatable bonds is 0. The summed E-state index contributed by atoms with van der Waals surface area (Å²) >= 11 is 0. The summed E-state index contributed by atoms with van der Waals surface area (Å²) in [5.41, 5.74) is 1.36. The van der Waals surface area contributed by atoms with Crippen LogP contribution >= 0.6 is 0 Å². The van der Waals surface area contributed by atoms with Crippen molar-refractivity contribution in [3.63, 3.8) is 0 Å². The largest absolute Gasteiger partial charge is 0.193 e. The lowest BCUT2D eigenvalue weighted by atomic mass is 9.85. The summed E-state index contributed by atoms with van der Waals surface area (Å²) in [6, 6.07) is 2.11. The molecule has 0 saturated heterocycles. The first-order valence-corrected chi connectivity index (χ1v) is 3.93. The molecule has 0 N–H and O–H groups in total. The van der Waals surface area contributed by atoms with Crippen LogP contribution in [-0.2, 0) is 0 Å². The lowest BCUT2D eigenvalue weighted by Crippen LogP contribution is -2.05. The van der Waals surface area contributed by atoms with Gasteiger partial charge in [-0.2, -0.15) is 5.26 Å². The molecular weight excluding hydrogens is 122 g/mol. The smallest absolute Gasteiger partial charge is 0.0911 e. The van der Waals surface area contributed by atoms with Gasteiger partial charge in [0.2, 0.25) is 0 Å². The second-order valence-corrected chi connectivity index (χ2v) is 3.00. The molecule has 1 saturated carbocycles. The van der Waals surface area contributed by atoms with Crippen molar-refractivity contribution in [2.24, 2.45) is 5.92 Å². The number of hydrogen-bond donors (Lipinski definition) is 0. The zero-order valence-corrected chi connectivity index (χ0v) is 6.43. The van der Waals surface area contributed by atoms with Crippen LogP contribution in [-0.4, -0.2) is 0 Å². The van der Waals surface area contributed by atoms with E-state index in [4.69, 9.17) is 5.26 Å². The van der Waals surface area contributed by atoms with Gasteiger partial charge in [0.25, 0.3) is 0 Å². The minimum atomic E-state index is 0.661. The van der Waals surface area contributed by atoms with Gasteiger partial charge in [-0.25, -0.2) is 0 Å². The van der Waals surface area contributed by atoms with Crippen molar-refractivity contribution < 1.29 is 0 Å². The summed E-state index contributed by atoms with van der Waals surface area (Å²) < 4.78 is 0. The van der Waals surface area contributed by atoms with E-state index in [-0.39, 0.29) is 0 Å². The Hall–Kier alpha value is -0.770. The average molecular weight is 135 g/mol. The molecule has 0 unspecified atom stereocenters. The third kappa shape index (κ3) is 1.60.